The van der Waals surface area contributed by atoms with E-state index < -0.39 is 0 Å². The second-order valence-corrected chi connectivity index (χ2v) is 6.62. The summed E-state index contributed by atoms with van der Waals surface area (Å²) in [4.78, 5) is 12.1. The van der Waals surface area contributed by atoms with Gasteiger partial charge in [-0.3, -0.25) is 4.79 Å². The number of nitrogens with zero attached hydrogens (tertiary/aromatic N) is 1. The van der Waals surface area contributed by atoms with Gasteiger partial charge in [-0.15, -0.1) is 0 Å². The molecule has 1 saturated heterocycles. The first-order chi connectivity index (χ1) is 9.16. The molecule has 2 aliphatic rings. The maximum Gasteiger partial charge on any atom is 0.220 e. The molecule has 4 unspecified atom stereocenters. The van der Waals surface area contributed by atoms with Gasteiger partial charge < -0.3 is 5.32 Å². The average Bonchev–Trinajstić information content (AvgIpc) is 2.43. The molecule has 1 aliphatic heterocycles. The SMILES string of the molecule is CC1CCCC(NC(=O)CCC2CCC[N]C2)C1C. The van der Waals surface area contributed by atoms with Crippen LogP contribution >= 0.6 is 0 Å². The summed E-state index contributed by atoms with van der Waals surface area (Å²) in [5.74, 6) is 2.29. The number of hydrogen-bond acceptors (Lipinski definition) is 1. The van der Waals surface area contributed by atoms with Crippen LogP contribution in [0.15, 0.2) is 0 Å². The lowest BCUT2D eigenvalue weighted by molar-refractivity contribution is -0.122. The Labute approximate surface area is 117 Å². The van der Waals surface area contributed by atoms with E-state index in [9.17, 15) is 4.79 Å². The van der Waals surface area contributed by atoms with Gasteiger partial charge >= 0.3 is 0 Å². The summed E-state index contributed by atoms with van der Waals surface area (Å²) in [7, 11) is 0. The quantitative estimate of drug-likeness (QED) is 0.834. The smallest absolute Gasteiger partial charge is 0.220 e. The summed E-state index contributed by atoms with van der Waals surface area (Å²) >= 11 is 0. The van der Waals surface area contributed by atoms with Crippen molar-refractivity contribution in [3.8, 4) is 0 Å². The van der Waals surface area contributed by atoms with Crippen molar-refractivity contribution in [3.63, 3.8) is 0 Å². The molecule has 109 valence electrons. The van der Waals surface area contributed by atoms with Gasteiger partial charge in [0.15, 0.2) is 0 Å². The topological polar surface area (TPSA) is 43.2 Å². The zero-order chi connectivity index (χ0) is 13.7. The lowest BCUT2D eigenvalue weighted by Crippen LogP contribution is -2.43. The Balaban J connectivity index is 1.68. The molecule has 0 bridgehead atoms. The molecule has 0 aromatic carbocycles. The highest BCUT2D eigenvalue weighted by Crippen LogP contribution is 2.29. The van der Waals surface area contributed by atoms with Gasteiger partial charge in [-0.1, -0.05) is 26.7 Å². The fourth-order valence-electron chi connectivity index (χ4n) is 3.49. The van der Waals surface area contributed by atoms with Gasteiger partial charge in [0, 0.05) is 25.6 Å². The summed E-state index contributed by atoms with van der Waals surface area (Å²) in [5.41, 5.74) is 0. The van der Waals surface area contributed by atoms with Crippen molar-refractivity contribution in [3.05, 3.63) is 0 Å². The fraction of sp³-hybridized carbons (Fsp3) is 0.938. The molecule has 3 heteroatoms. The van der Waals surface area contributed by atoms with Crippen LogP contribution in [0.2, 0.25) is 0 Å². The summed E-state index contributed by atoms with van der Waals surface area (Å²) in [5, 5.41) is 7.71. The summed E-state index contributed by atoms with van der Waals surface area (Å²) in [6.07, 6.45) is 7.92. The Kier molecular flexibility index (Phi) is 5.68. The van der Waals surface area contributed by atoms with Gasteiger partial charge in [-0.05, 0) is 43.4 Å². The number of rotatable bonds is 4. The number of amides is 1. The van der Waals surface area contributed by atoms with Gasteiger partial charge in [0.25, 0.3) is 0 Å². The molecular weight excluding hydrogens is 236 g/mol. The van der Waals surface area contributed by atoms with E-state index in [0.29, 0.717) is 24.3 Å². The van der Waals surface area contributed by atoms with Gasteiger partial charge in [0.2, 0.25) is 5.91 Å². The third-order valence-corrected chi connectivity index (χ3v) is 5.15. The van der Waals surface area contributed by atoms with Crippen LogP contribution in [0.3, 0.4) is 0 Å². The molecule has 1 heterocycles. The van der Waals surface area contributed by atoms with Crippen LogP contribution < -0.4 is 10.6 Å². The maximum absolute atomic E-state index is 12.1. The lowest BCUT2D eigenvalue weighted by Gasteiger charge is -2.34. The van der Waals surface area contributed by atoms with Crippen LogP contribution in [0.1, 0.15) is 58.8 Å². The number of piperidine rings is 1. The Bertz CT molecular complexity index is 286. The molecule has 0 spiro atoms. The zero-order valence-electron chi connectivity index (χ0n) is 12.5. The number of carbonyl (C=O) groups excluding carboxylic acids is 1. The third-order valence-electron chi connectivity index (χ3n) is 5.15. The van der Waals surface area contributed by atoms with Crippen molar-refractivity contribution in [2.45, 2.75) is 64.8 Å². The minimum absolute atomic E-state index is 0.261. The molecule has 3 nitrogen and oxygen atoms in total. The third kappa shape index (κ3) is 4.48. The molecule has 1 amide bonds. The lowest BCUT2D eigenvalue weighted by atomic mass is 9.78. The molecule has 0 aromatic heterocycles. The van der Waals surface area contributed by atoms with E-state index in [-0.39, 0.29) is 5.91 Å². The second kappa shape index (κ2) is 7.28. The maximum atomic E-state index is 12.1. The van der Waals surface area contributed by atoms with Gasteiger partial charge in [-0.2, -0.15) is 0 Å². The first-order valence-corrected chi connectivity index (χ1v) is 8.09. The molecule has 2 rings (SSSR count). The molecule has 1 radical (unpaired) electrons. The van der Waals surface area contributed by atoms with Crippen LogP contribution in [0.25, 0.3) is 0 Å². The van der Waals surface area contributed by atoms with E-state index in [4.69, 9.17) is 0 Å². The van der Waals surface area contributed by atoms with E-state index in [1.165, 1.54) is 25.7 Å². The van der Waals surface area contributed by atoms with E-state index >= 15 is 0 Å². The highest BCUT2D eigenvalue weighted by atomic mass is 16.1. The first kappa shape index (κ1) is 14.8. The van der Waals surface area contributed by atoms with E-state index in [2.05, 4.69) is 24.5 Å². The average molecular weight is 265 g/mol. The van der Waals surface area contributed by atoms with Crippen molar-refractivity contribution in [1.82, 2.24) is 10.6 Å². The van der Waals surface area contributed by atoms with Crippen LogP contribution in [0, 0.1) is 17.8 Å². The Morgan fingerprint density at radius 2 is 2.05 bits per heavy atom. The van der Waals surface area contributed by atoms with Crippen molar-refractivity contribution < 1.29 is 4.79 Å². The summed E-state index contributed by atoms with van der Waals surface area (Å²) < 4.78 is 0. The fourth-order valence-corrected chi connectivity index (χ4v) is 3.49. The van der Waals surface area contributed by atoms with Crippen molar-refractivity contribution in [1.29, 1.82) is 0 Å². The minimum Gasteiger partial charge on any atom is -0.353 e. The molecular formula is C16H29N2O. The van der Waals surface area contributed by atoms with Crippen LogP contribution in [0.4, 0.5) is 0 Å². The first-order valence-electron chi connectivity index (χ1n) is 8.09. The van der Waals surface area contributed by atoms with Crippen molar-refractivity contribution in [2.24, 2.45) is 17.8 Å². The molecule has 2 fully saturated rings. The van der Waals surface area contributed by atoms with E-state index in [1.54, 1.807) is 0 Å². The van der Waals surface area contributed by atoms with Crippen LogP contribution in [-0.2, 0) is 4.79 Å². The predicted octanol–water partition coefficient (Wildman–Crippen LogP) is 2.72. The summed E-state index contributed by atoms with van der Waals surface area (Å²) in [6, 6.07) is 0.410. The molecule has 1 saturated carbocycles. The van der Waals surface area contributed by atoms with E-state index in [1.807, 2.05) is 0 Å². The zero-order valence-corrected chi connectivity index (χ0v) is 12.5. The predicted molar refractivity (Wildman–Crippen MR) is 77.9 cm³/mol. The Morgan fingerprint density at radius 3 is 2.79 bits per heavy atom. The second-order valence-electron chi connectivity index (χ2n) is 6.62. The largest absolute Gasteiger partial charge is 0.353 e. The number of nitrogens with one attached hydrogen (secondary N) is 1. The molecule has 4 atom stereocenters. The highest BCUT2D eigenvalue weighted by molar-refractivity contribution is 5.76. The van der Waals surface area contributed by atoms with Gasteiger partial charge in [0.1, 0.15) is 0 Å². The Morgan fingerprint density at radius 1 is 1.21 bits per heavy atom. The van der Waals surface area contributed by atoms with Crippen molar-refractivity contribution in [2.75, 3.05) is 13.1 Å². The minimum atomic E-state index is 0.261. The highest BCUT2D eigenvalue weighted by Gasteiger charge is 2.28. The standard InChI is InChI=1S/C16H29N2O/c1-12-5-3-7-15(13(12)2)18-16(19)9-8-14-6-4-10-17-11-14/h12-15H,3-11H2,1-2H3,(H,18,19). The van der Waals surface area contributed by atoms with Gasteiger partial charge in [0.05, 0.1) is 0 Å². The molecule has 1 aliphatic carbocycles. The van der Waals surface area contributed by atoms with E-state index in [0.717, 1.165) is 31.8 Å². The number of hydrogen-bond donors (Lipinski definition) is 1. The van der Waals surface area contributed by atoms with Crippen LogP contribution in [0.5, 0.6) is 0 Å². The summed E-state index contributed by atoms with van der Waals surface area (Å²) in [6.45, 7) is 6.60. The normalized spacial score (nSPS) is 35.9. The van der Waals surface area contributed by atoms with Gasteiger partial charge in [-0.25, -0.2) is 5.32 Å². The Hall–Kier alpha value is -0.570. The monoisotopic (exact) mass is 265 g/mol. The van der Waals surface area contributed by atoms with Crippen molar-refractivity contribution >= 4 is 5.91 Å². The molecule has 1 N–H and O–H groups in total. The molecule has 19 heavy (non-hydrogen) atoms. The number of carbonyl (C=O) groups is 1. The molecule has 0 aromatic rings. The van der Waals surface area contributed by atoms with Crippen LogP contribution in [-0.4, -0.2) is 25.0 Å².